The quantitative estimate of drug-likeness (QED) is 0.497. The molecule has 2 fully saturated rings. The Morgan fingerprint density at radius 2 is 2.09 bits per heavy atom. The average Bonchev–Trinajstić information content (AvgIpc) is 3.40. The summed E-state index contributed by atoms with van der Waals surface area (Å²) < 4.78 is 0.694. The summed E-state index contributed by atoms with van der Waals surface area (Å²) in [6.07, 6.45) is 5.57. The van der Waals surface area contributed by atoms with Crippen molar-refractivity contribution in [2.24, 2.45) is 4.99 Å². The number of halogens is 1. The first kappa shape index (κ1) is 23.3. The van der Waals surface area contributed by atoms with Crippen molar-refractivity contribution in [2.45, 2.75) is 63.6 Å². The number of fused-ring (bicyclic) bond motifs is 1. The molecule has 1 aromatic carbocycles. The van der Waals surface area contributed by atoms with Gasteiger partial charge in [0.15, 0.2) is 5.13 Å². The van der Waals surface area contributed by atoms with E-state index in [1.807, 2.05) is 13.0 Å². The largest absolute Gasteiger partial charge is 0.478 e. The standard InChI is InChI=1S/C24H28ClN5O3S/c1-2-13-11-18(27-21(13)25)22(31)28-16-9-10-30(12-19(16)26-14-5-3-6-14)24-29-17-8-4-7-15(23(32)33)20(17)34-24/h4,7-8,14,16,19,26H,2-3,5-6,9-12H2,1H3,(H,28,31)(H,32,33)/t16-,19+/m1/s1. The van der Waals surface area contributed by atoms with Crippen molar-refractivity contribution in [2.75, 3.05) is 18.0 Å². The summed E-state index contributed by atoms with van der Waals surface area (Å²) in [4.78, 5) is 35.8. The molecular formula is C24H28ClN5O3S. The first-order chi connectivity index (χ1) is 16.4. The van der Waals surface area contributed by atoms with E-state index in [1.54, 1.807) is 12.1 Å². The Morgan fingerprint density at radius 3 is 2.76 bits per heavy atom. The number of aromatic carboxylic acids is 1. The zero-order chi connectivity index (χ0) is 23.8. The number of anilines is 1. The van der Waals surface area contributed by atoms with Crippen molar-refractivity contribution in [1.82, 2.24) is 15.6 Å². The van der Waals surface area contributed by atoms with E-state index < -0.39 is 5.97 Å². The lowest BCUT2D eigenvalue weighted by Crippen LogP contribution is -2.62. The van der Waals surface area contributed by atoms with E-state index in [0.29, 0.717) is 40.1 Å². The zero-order valence-corrected chi connectivity index (χ0v) is 20.6. The Bertz CT molecular complexity index is 1190. The molecule has 1 aliphatic carbocycles. The summed E-state index contributed by atoms with van der Waals surface area (Å²) in [5.74, 6) is -1.09. The molecule has 2 aliphatic heterocycles. The van der Waals surface area contributed by atoms with E-state index in [9.17, 15) is 14.7 Å². The minimum Gasteiger partial charge on any atom is -0.478 e. The van der Waals surface area contributed by atoms with Gasteiger partial charge in [0, 0.05) is 37.6 Å². The number of carboxylic acid groups (broad SMARTS) is 1. The number of carbonyl (C=O) groups is 2. The van der Waals surface area contributed by atoms with Crippen LogP contribution in [0.4, 0.5) is 5.13 Å². The molecule has 0 spiro atoms. The topological polar surface area (TPSA) is 107 Å². The van der Waals surface area contributed by atoms with Crippen LogP contribution in [0, 0.1) is 0 Å². The van der Waals surface area contributed by atoms with Gasteiger partial charge in [-0.15, -0.1) is 0 Å². The molecule has 0 radical (unpaired) electrons. The van der Waals surface area contributed by atoms with Crippen LogP contribution in [0.25, 0.3) is 10.2 Å². The molecule has 3 heterocycles. The summed E-state index contributed by atoms with van der Waals surface area (Å²) >= 11 is 7.60. The van der Waals surface area contributed by atoms with Gasteiger partial charge in [-0.1, -0.05) is 42.3 Å². The second-order valence-corrected chi connectivity index (χ2v) is 10.5. The van der Waals surface area contributed by atoms with Gasteiger partial charge in [0.05, 0.1) is 15.8 Å². The van der Waals surface area contributed by atoms with Crippen molar-refractivity contribution < 1.29 is 14.7 Å². The molecule has 0 bridgehead atoms. The van der Waals surface area contributed by atoms with Gasteiger partial charge in [-0.2, -0.15) is 0 Å². The lowest BCUT2D eigenvalue weighted by Gasteiger charge is -2.42. The third kappa shape index (κ3) is 4.56. The number of nitrogens with one attached hydrogen (secondary N) is 2. The molecule has 3 N–H and O–H groups in total. The fourth-order valence-electron chi connectivity index (χ4n) is 4.75. The highest BCUT2D eigenvalue weighted by Gasteiger charge is 2.35. The number of allylic oxidation sites excluding steroid dienone is 1. The Hall–Kier alpha value is -2.49. The first-order valence-electron chi connectivity index (χ1n) is 11.8. The van der Waals surface area contributed by atoms with E-state index in [0.717, 1.165) is 42.9 Å². The third-order valence-electron chi connectivity index (χ3n) is 6.98. The summed E-state index contributed by atoms with van der Waals surface area (Å²) in [6.45, 7) is 3.43. The van der Waals surface area contributed by atoms with Crippen LogP contribution in [0.3, 0.4) is 0 Å². The number of hydrogen-bond acceptors (Lipinski definition) is 7. The summed E-state index contributed by atoms with van der Waals surface area (Å²) in [5, 5.41) is 17.7. The van der Waals surface area contributed by atoms with Crippen LogP contribution in [0.5, 0.6) is 0 Å². The second-order valence-electron chi connectivity index (χ2n) is 9.15. The van der Waals surface area contributed by atoms with Crippen LogP contribution in [-0.4, -0.2) is 58.9 Å². The minimum atomic E-state index is -0.942. The SMILES string of the molecule is CCC1=C(Cl)N=C(C(=O)N[C@@H]2CCN(c3nc4cccc(C(=O)O)c4s3)C[C@@H]2NC2CCC2)C1. The van der Waals surface area contributed by atoms with Gasteiger partial charge in [-0.25, -0.2) is 14.8 Å². The fraction of sp³-hybridized carbons (Fsp3) is 0.500. The summed E-state index contributed by atoms with van der Waals surface area (Å²) in [5.41, 5.74) is 2.47. The van der Waals surface area contributed by atoms with Gasteiger partial charge in [0.1, 0.15) is 10.9 Å². The van der Waals surface area contributed by atoms with Gasteiger partial charge in [0.25, 0.3) is 5.91 Å². The smallest absolute Gasteiger partial charge is 0.337 e. The molecule has 1 saturated carbocycles. The molecule has 10 heteroatoms. The van der Waals surface area contributed by atoms with Crippen LogP contribution in [0.15, 0.2) is 33.9 Å². The lowest BCUT2D eigenvalue weighted by molar-refractivity contribution is -0.115. The van der Waals surface area contributed by atoms with E-state index in [1.165, 1.54) is 17.8 Å². The van der Waals surface area contributed by atoms with Crippen LogP contribution in [0.2, 0.25) is 0 Å². The lowest BCUT2D eigenvalue weighted by atomic mass is 9.90. The maximum absolute atomic E-state index is 13.0. The van der Waals surface area contributed by atoms with E-state index in [2.05, 4.69) is 20.5 Å². The summed E-state index contributed by atoms with van der Waals surface area (Å²) in [6, 6.07) is 5.70. The van der Waals surface area contributed by atoms with Crippen molar-refractivity contribution in [3.05, 3.63) is 34.5 Å². The Morgan fingerprint density at radius 1 is 1.26 bits per heavy atom. The first-order valence-corrected chi connectivity index (χ1v) is 13.0. The molecule has 1 saturated heterocycles. The molecule has 1 aromatic heterocycles. The number of rotatable bonds is 7. The van der Waals surface area contributed by atoms with Crippen molar-refractivity contribution >= 4 is 55.9 Å². The molecule has 0 unspecified atom stereocenters. The monoisotopic (exact) mass is 501 g/mol. The van der Waals surface area contributed by atoms with Gasteiger partial charge >= 0.3 is 5.97 Å². The number of thiazole rings is 1. The highest BCUT2D eigenvalue weighted by molar-refractivity contribution is 7.22. The number of amides is 1. The minimum absolute atomic E-state index is 0.0274. The van der Waals surface area contributed by atoms with Crippen LogP contribution in [-0.2, 0) is 4.79 Å². The number of carbonyl (C=O) groups excluding carboxylic acids is 1. The van der Waals surface area contributed by atoms with E-state index in [4.69, 9.17) is 16.6 Å². The highest BCUT2D eigenvalue weighted by atomic mass is 35.5. The molecule has 3 aliphatic rings. The van der Waals surface area contributed by atoms with E-state index in [-0.39, 0.29) is 23.6 Å². The predicted octanol–water partition coefficient (Wildman–Crippen LogP) is 3.91. The number of hydrogen-bond donors (Lipinski definition) is 3. The highest BCUT2D eigenvalue weighted by Crippen LogP contribution is 2.33. The number of aromatic nitrogens is 1. The van der Waals surface area contributed by atoms with Gasteiger partial charge in [-0.3, -0.25) is 4.79 Å². The Labute approximate surface area is 207 Å². The Kier molecular flexibility index (Phi) is 6.59. The molecule has 2 aromatic rings. The van der Waals surface area contributed by atoms with Crippen molar-refractivity contribution in [1.29, 1.82) is 0 Å². The molecule has 1 amide bonds. The number of benzene rings is 1. The van der Waals surface area contributed by atoms with Crippen LogP contribution < -0.4 is 15.5 Å². The molecule has 8 nitrogen and oxygen atoms in total. The average molecular weight is 502 g/mol. The van der Waals surface area contributed by atoms with Gasteiger partial charge in [0.2, 0.25) is 0 Å². The molecule has 180 valence electrons. The number of aliphatic imine (C=N–C) groups is 1. The third-order valence-corrected chi connectivity index (χ3v) is 8.50. The molecule has 2 atom stereocenters. The van der Waals surface area contributed by atoms with Crippen molar-refractivity contribution in [3.8, 4) is 0 Å². The molecule has 5 rings (SSSR count). The predicted molar refractivity (Wildman–Crippen MR) is 135 cm³/mol. The normalized spacial score (nSPS) is 23.2. The zero-order valence-electron chi connectivity index (χ0n) is 19.0. The molecular weight excluding hydrogens is 474 g/mol. The summed E-state index contributed by atoms with van der Waals surface area (Å²) in [7, 11) is 0. The van der Waals surface area contributed by atoms with E-state index >= 15 is 0 Å². The van der Waals surface area contributed by atoms with Crippen LogP contribution >= 0.6 is 22.9 Å². The Balaban J connectivity index is 1.32. The number of nitrogens with zero attached hydrogens (tertiary/aromatic N) is 3. The maximum atomic E-state index is 13.0. The van der Waals surface area contributed by atoms with Gasteiger partial charge in [-0.05, 0) is 43.4 Å². The maximum Gasteiger partial charge on any atom is 0.337 e. The molecule has 34 heavy (non-hydrogen) atoms. The number of carboxylic acids is 1. The van der Waals surface area contributed by atoms with Gasteiger partial charge < -0.3 is 20.6 Å². The number of piperidine rings is 1. The second kappa shape index (κ2) is 9.64. The van der Waals surface area contributed by atoms with Crippen molar-refractivity contribution in [3.63, 3.8) is 0 Å². The fourth-order valence-corrected chi connectivity index (χ4v) is 6.16. The van der Waals surface area contributed by atoms with Crippen LogP contribution in [0.1, 0.15) is 55.8 Å².